The molecule has 0 nitrogen and oxygen atoms in total. The maximum atomic E-state index is 4.10. The molecule has 0 atom stereocenters. The summed E-state index contributed by atoms with van der Waals surface area (Å²) in [5.41, 5.74) is 0. The van der Waals surface area contributed by atoms with E-state index < -0.39 is 0 Å². The lowest BCUT2D eigenvalue weighted by Gasteiger charge is -1.95. The van der Waals surface area contributed by atoms with Gasteiger partial charge in [-0.25, -0.2) is 0 Å². The highest BCUT2D eigenvalue weighted by Gasteiger charge is 1.96. The number of hydrogen-bond donors (Lipinski definition) is 1. The molecule has 48 valence electrons. The number of alkyl halides is 2. The largest absolute Gasteiger partial charge is 0.179 e. The Morgan fingerprint density at radius 1 is 1.50 bits per heavy atom. The first-order valence-corrected chi connectivity index (χ1v) is 6.14. The molecule has 0 fully saturated rings. The van der Waals surface area contributed by atoms with E-state index in [2.05, 4.69) is 44.5 Å². The summed E-state index contributed by atoms with van der Waals surface area (Å²) in [7, 11) is 0.980. The Balaban J connectivity index is 2.72. The summed E-state index contributed by atoms with van der Waals surface area (Å²) >= 11 is 10.9. The fourth-order valence-electron chi connectivity index (χ4n) is 0.290. The summed E-state index contributed by atoms with van der Waals surface area (Å²) in [4.78, 5) is 0. The maximum Gasteiger partial charge on any atom is 0.0711 e. The third kappa shape index (κ3) is 7.53. The van der Waals surface area contributed by atoms with Crippen LogP contribution in [0.15, 0.2) is 0 Å². The van der Waals surface area contributed by atoms with E-state index in [-0.39, 0.29) is 0 Å². The molecule has 0 aromatic rings. The molecule has 0 saturated carbocycles. The van der Waals surface area contributed by atoms with Gasteiger partial charge in [-0.3, -0.25) is 0 Å². The third-order valence-corrected chi connectivity index (χ3v) is 3.84. The van der Waals surface area contributed by atoms with Crippen molar-refractivity contribution in [1.82, 2.24) is 0 Å². The molecule has 0 unspecified atom stereocenters. The second-order valence-electron chi connectivity index (χ2n) is 1.33. The Labute approximate surface area is 75.3 Å². The zero-order valence-corrected chi connectivity index (χ0v) is 9.47. The molecular formula is C4H8Br2SSi. The Bertz CT molecular complexity index is 51.3. The van der Waals surface area contributed by atoms with Gasteiger partial charge >= 0.3 is 0 Å². The molecule has 0 heterocycles. The van der Waals surface area contributed by atoms with Crippen LogP contribution in [0, 0.1) is 0 Å². The Kier molecular flexibility index (Phi) is 7.91. The van der Waals surface area contributed by atoms with Crippen molar-refractivity contribution in [1.29, 1.82) is 0 Å². The summed E-state index contributed by atoms with van der Waals surface area (Å²) in [6, 6.07) is 1.28. The highest BCUT2D eigenvalue weighted by molar-refractivity contribution is 9.25. The minimum Gasteiger partial charge on any atom is -0.179 e. The predicted octanol–water partition coefficient (Wildman–Crippen LogP) is 2.50. The van der Waals surface area contributed by atoms with Crippen molar-refractivity contribution in [2.24, 2.45) is 0 Å². The van der Waals surface area contributed by atoms with E-state index in [4.69, 9.17) is 0 Å². The Hall–Kier alpha value is 1.53. The van der Waals surface area contributed by atoms with Crippen LogP contribution in [-0.2, 0) is 0 Å². The van der Waals surface area contributed by atoms with Crippen molar-refractivity contribution in [2.45, 2.75) is 15.8 Å². The fourth-order valence-corrected chi connectivity index (χ4v) is 2.72. The van der Waals surface area contributed by atoms with Crippen molar-refractivity contribution >= 4 is 54.0 Å². The lowest BCUT2D eigenvalue weighted by atomic mass is 10.6. The quantitative estimate of drug-likeness (QED) is 0.347. The minimum absolute atomic E-state index is 0.523. The molecule has 0 aliphatic heterocycles. The van der Waals surface area contributed by atoms with Gasteiger partial charge in [0.2, 0.25) is 0 Å². The SMILES string of the molecule is SCCC[Si]C(Br)Br. The normalized spacial score (nSPS) is 10.5. The minimum atomic E-state index is 0.523. The average molecular weight is 276 g/mol. The van der Waals surface area contributed by atoms with E-state index in [0.717, 1.165) is 15.3 Å². The molecular weight excluding hydrogens is 268 g/mol. The van der Waals surface area contributed by atoms with Gasteiger partial charge in [-0.15, -0.1) is 0 Å². The summed E-state index contributed by atoms with van der Waals surface area (Å²) in [5, 5.41) is 0. The lowest BCUT2D eigenvalue weighted by Crippen LogP contribution is -1.98. The molecule has 0 bridgehead atoms. The van der Waals surface area contributed by atoms with Crippen LogP contribution in [0.4, 0.5) is 0 Å². The first-order chi connectivity index (χ1) is 3.77. The topological polar surface area (TPSA) is 0 Å². The smallest absolute Gasteiger partial charge is 0.0711 e. The van der Waals surface area contributed by atoms with Crippen molar-refractivity contribution in [3.63, 3.8) is 0 Å². The van der Waals surface area contributed by atoms with Crippen LogP contribution in [0.3, 0.4) is 0 Å². The van der Waals surface area contributed by atoms with Gasteiger partial charge in [0, 0.05) is 0 Å². The molecule has 0 rings (SSSR count). The maximum absolute atomic E-state index is 4.10. The highest BCUT2D eigenvalue weighted by atomic mass is 79.9. The van der Waals surface area contributed by atoms with Crippen molar-refractivity contribution < 1.29 is 0 Å². The first-order valence-electron chi connectivity index (χ1n) is 2.39. The van der Waals surface area contributed by atoms with Crippen molar-refractivity contribution in [2.75, 3.05) is 5.75 Å². The Morgan fingerprint density at radius 3 is 2.50 bits per heavy atom. The predicted molar refractivity (Wildman–Crippen MR) is 50.7 cm³/mol. The molecule has 0 amide bonds. The van der Waals surface area contributed by atoms with Gasteiger partial charge in [0.1, 0.15) is 0 Å². The van der Waals surface area contributed by atoms with E-state index in [9.17, 15) is 0 Å². The number of halogens is 2. The fraction of sp³-hybridized carbons (Fsp3) is 1.00. The zero-order chi connectivity index (χ0) is 6.41. The van der Waals surface area contributed by atoms with Crippen LogP contribution in [0.25, 0.3) is 0 Å². The van der Waals surface area contributed by atoms with E-state index in [0.29, 0.717) is 3.36 Å². The number of thiol groups is 1. The third-order valence-electron chi connectivity index (χ3n) is 0.634. The lowest BCUT2D eigenvalue weighted by molar-refractivity contribution is 1.10. The van der Waals surface area contributed by atoms with Crippen LogP contribution in [0.2, 0.25) is 6.04 Å². The van der Waals surface area contributed by atoms with E-state index >= 15 is 0 Å². The van der Waals surface area contributed by atoms with Gasteiger partial charge < -0.3 is 0 Å². The van der Waals surface area contributed by atoms with Gasteiger partial charge in [-0.05, 0) is 12.2 Å². The van der Waals surface area contributed by atoms with Crippen molar-refractivity contribution in [3.8, 4) is 0 Å². The van der Waals surface area contributed by atoms with Gasteiger partial charge in [-0.1, -0.05) is 37.9 Å². The highest BCUT2D eigenvalue weighted by Crippen LogP contribution is 2.08. The summed E-state index contributed by atoms with van der Waals surface area (Å²) < 4.78 is 0.523. The van der Waals surface area contributed by atoms with Crippen LogP contribution < -0.4 is 0 Å². The van der Waals surface area contributed by atoms with E-state index in [1.54, 1.807) is 0 Å². The zero-order valence-electron chi connectivity index (χ0n) is 4.40. The van der Waals surface area contributed by atoms with E-state index in [1.807, 2.05) is 0 Å². The van der Waals surface area contributed by atoms with Gasteiger partial charge in [0.05, 0.1) is 12.9 Å². The second-order valence-corrected chi connectivity index (χ2v) is 8.02. The molecule has 0 spiro atoms. The van der Waals surface area contributed by atoms with Crippen LogP contribution in [0.1, 0.15) is 6.42 Å². The molecule has 0 aromatic heterocycles. The summed E-state index contributed by atoms with van der Waals surface area (Å²) in [6.45, 7) is 0. The van der Waals surface area contributed by atoms with Gasteiger partial charge in [0.15, 0.2) is 0 Å². The summed E-state index contributed by atoms with van der Waals surface area (Å²) in [6.07, 6.45) is 1.23. The molecule has 2 radical (unpaired) electrons. The van der Waals surface area contributed by atoms with Gasteiger partial charge in [0.25, 0.3) is 0 Å². The standard InChI is InChI=1S/C4H8Br2SSi/c5-4(6)8-3-1-2-7/h4,7H,1-3H2. The van der Waals surface area contributed by atoms with Crippen LogP contribution >= 0.6 is 44.5 Å². The van der Waals surface area contributed by atoms with E-state index in [1.165, 1.54) is 12.5 Å². The molecule has 4 heteroatoms. The van der Waals surface area contributed by atoms with Crippen molar-refractivity contribution in [3.05, 3.63) is 0 Å². The molecule has 0 N–H and O–H groups in total. The summed E-state index contributed by atoms with van der Waals surface area (Å²) in [5.74, 6) is 1.01. The molecule has 0 saturated heterocycles. The molecule has 0 aliphatic carbocycles. The Morgan fingerprint density at radius 2 is 2.12 bits per heavy atom. The number of hydrogen-bond acceptors (Lipinski definition) is 1. The second kappa shape index (κ2) is 6.64. The first kappa shape index (κ1) is 9.53. The number of rotatable bonds is 4. The van der Waals surface area contributed by atoms with Gasteiger partial charge in [-0.2, -0.15) is 12.6 Å². The molecule has 0 aliphatic rings. The van der Waals surface area contributed by atoms with Crippen LogP contribution in [0.5, 0.6) is 0 Å². The monoisotopic (exact) mass is 274 g/mol. The molecule has 8 heavy (non-hydrogen) atoms. The van der Waals surface area contributed by atoms with Crippen LogP contribution in [-0.4, -0.2) is 18.6 Å². The average Bonchev–Trinajstić information content (AvgIpc) is 1.66. The molecule has 0 aromatic carbocycles.